The second-order valence-corrected chi connectivity index (χ2v) is 1.08. The summed E-state index contributed by atoms with van der Waals surface area (Å²) < 4.78 is 0. The monoisotopic (exact) mass is 116 g/mol. The van der Waals surface area contributed by atoms with Gasteiger partial charge in [0.2, 0.25) is 0 Å². The van der Waals surface area contributed by atoms with Crippen LogP contribution in [0.2, 0.25) is 0 Å². The molecule has 0 aliphatic heterocycles. The maximum atomic E-state index is 2.89. The summed E-state index contributed by atoms with van der Waals surface area (Å²) in [6, 6.07) is 12.5. The molecule has 0 atom stereocenters. The molecule has 1 aromatic carbocycles. The zero-order valence-electron chi connectivity index (χ0n) is 4.39. The van der Waals surface area contributed by atoms with Gasteiger partial charge in [0.05, 0.1) is 0 Å². The Balaban J connectivity index is 0.000000360. The van der Waals surface area contributed by atoms with Crippen LogP contribution in [-0.2, 0) is 0 Å². The first-order chi connectivity index (χ1) is 3.00. The van der Waals surface area contributed by atoms with Crippen LogP contribution in [0, 0.1) is 6.07 Å². The predicted molar refractivity (Wildman–Crippen MR) is 25.3 cm³/mol. The normalized spacial score (nSPS) is 6.86. The zero-order chi connectivity index (χ0) is 4.24. The summed E-state index contributed by atoms with van der Waals surface area (Å²) in [4.78, 5) is 0. The Labute approximate surface area is 86.4 Å². The van der Waals surface area contributed by atoms with E-state index in [1.54, 1.807) is 0 Å². The summed E-state index contributed by atoms with van der Waals surface area (Å²) in [7, 11) is 0. The van der Waals surface area contributed by atoms with Gasteiger partial charge in [0.25, 0.3) is 0 Å². The molecule has 0 aliphatic carbocycles. The first kappa shape index (κ1) is 7.86. The van der Waals surface area contributed by atoms with Crippen molar-refractivity contribution in [2.75, 3.05) is 0 Å². The van der Waals surface area contributed by atoms with Gasteiger partial charge in [-0.05, 0) is 0 Å². The first-order valence-corrected chi connectivity index (χ1v) is 1.91. The molecule has 0 unspecified atom stereocenters. The van der Waals surface area contributed by atoms with Gasteiger partial charge in [0.1, 0.15) is 0 Å². The maximum absolute atomic E-state index is 2.89. The van der Waals surface area contributed by atoms with E-state index < -0.39 is 0 Å². The van der Waals surface area contributed by atoms with Crippen molar-refractivity contribution in [1.29, 1.82) is 0 Å². The standard InChI is InChI=1S/C6H5.K/c1-2-4-6-5-3-1;/h1-5H;/q-1;+1. The van der Waals surface area contributed by atoms with E-state index in [9.17, 15) is 0 Å². The summed E-state index contributed by atoms with van der Waals surface area (Å²) in [5, 5.41) is 0. The first-order valence-electron chi connectivity index (χ1n) is 1.91. The van der Waals surface area contributed by atoms with Crippen LogP contribution in [0.5, 0.6) is 0 Å². The molecule has 30 valence electrons. The molecular formula is C6H5K. The molecule has 0 aliphatic rings. The molecule has 0 heterocycles. The maximum Gasteiger partial charge on any atom is 1.00 e. The van der Waals surface area contributed by atoms with Gasteiger partial charge in [-0.25, -0.2) is 0 Å². The molecule has 7 heavy (non-hydrogen) atoms. The van der Waals surface area contributed by atoms with E-state index >= 15 is 0 Å². The summed E-state index contributed by atoms with van der Waals surface area (Å²) in [5.74, 6) is 0. The molecule has 0 spiro atoms. The third-order valence-electron chi connectivity index (χ3n) is 0.607. The molecule has 0 amide bonds. The van der Waals surface area contributed by atoms with E-state index in [0.29, 0.717) is 0 Å². The minimum absolute atomic E-state index is 0. The van der Waals surface area contributed by atoms with Crippen molar-refractivity contribution in [3.05, 3.63) is 36.4 Å². The SMILES string of the molecule is [K+].[c-]1ccccc1. The molecule has 1 aromatic rings. The van der Waals surface area contributed by atoms with E-state index in [4.69, 9.17) is 0 Å². The molecule has 0 radical (unpaired) electrons. The molecule has 1 rings (SSSR count). The molecule has 0 bridgehead atoms. The molecule has 0 N–H and O–H groups in total. The minimum atomic E-state index is 0. The van der Waals surface area contributed by atoms with Gasteiger partial charge < -0.3 is 0 Å². The van der Waals surface area contributed by atoms with E-state index in [0.717, 1.165) is 0 Å². The quantitative estimate of drug-likeness (QED) is 0.285. The molecule has 0 saturated carbocycles. The smallest absolute Gasteiger partial charge is 0.184 e. The fourth-order valence-corrected chi connectivity index (χ4v) is 0.342. The largest absolute Gasteiger partial charge is 1.00 e. The number of hydrogen-bond acceptors (Lipinski definition) is 0. The predicted octanol–water partition coefficient (Wildman–Crippen LogP) is -1.51. The van der Waals surface area contributed by atoms with Crippen LogP contribution in [0.1, 0.15) is 0 Å². The van der Waals surface area contributed by atoms with Crippen molar-refractivity contribution >= 4 is 0 Å². The van der Waals surface area contributed by atoms with Crippen LogP contribution in [0.4, 0.5) is 0 Å². The molecule has 0 nitrogen and oxygen atoms in total. The van der Waals surface area contributed by atoms with Gasteiger partial charge in [-0.1, -0.05) is 0 Å². The second-order valence-electron chi connectivity index (χ2n) is 1.08. The Bertz CT molecular complexity index is 76.1. The van der Waals surface area contributed by atoms with Gasteiger partial charge in [-0.3, -0.25) is 0 Å². The Morgan fingerprint density at radius 2 is 1.43 bits per heavy atom. The van der Waals surface area contributed by atoms with Crippen LogP contribution in [0.3, 0.4) is 0 Å². The van der Waals surface area contributed by atoms with Crippen molar-refractivity contribution in [2.45, 2.75) is 0 Å². The van der Waals surface area contributed by atoms with Crippen LogP contribution in [0.15, 0.2) is 30.3 Å². The Hall–Kier alpha value is 0.856. The minimum Gasteiger partial charge on any atom is -0.184 e. The number of benzene rings is 1. The summed E-state index contributed by atoms with van der Waals surface area (Å²) >= 11 is 0. The molecule has 0 aromatic heterocycles. The summed E-state index contributed by atoms with van der Waals surface area (Å²) in [5.41, 5.74) is 0. The summed E-state index contributed by atoms with van der Waals surface area (Å²) in [6.07, 6.45) is 0. The third kappa shape index (κ3) is 3.44. The topological polar surface area (TPSA) is 0 Å². The Kier molecular flexibility index (Phi) is 5.61. The van der Waals surface area contributed by atoms with Crippen LogP contribution < -0.4 is 51.4 Å². The fraction of sp³-hybridized carbons (Fsp3) is 0. The van der Waals surface area contributed by atoms with Crippen molar-refractivity contribution in [1.82, 2.24) is 0 Å². The molecule has 0 saturated heterocycles. The average Bonchev–Trinajstić information content (AvgIpc) is 1.72. The van der Waals surface area contributed by atoms with Gasteiger partial charge in [-0.15, -0.1) is 0 Å². The van der Waals surface area contributed by atoms with Gasteiger partial charge in [0.15, 0.2) is 0 Å². The van der Waals surface area contributed by atoms with Gasteiger partial charge >= 0.3 is 51.4 Å². The molecule has 1 heteroatoms. The van der Waals surface area contributed by atoms with Crippen molar-refractivity contribution in [3.8, 4) is 0 Å². The third-order valence-corrected chi connectivity index (χ3v) is 0.607. The van der Waals surface area contributed by atoms with E-state index in [1.807, 2.05) is 30.3 Å². The van der Waals surface area contributed by atoms with E-state index in [-0.39, 0.29) is 51.4 Å². The fourth-order valence-electron chi connectivity index (χ4n) is 0.342. The summed E-state index contributed by atoms with van der Waals surface area (Å²) in [6.45, 7) is 0. The van der Waals surface area contributed by atoms with Gasteiger partial charge in [0, 0.05) is 0 Å². The van der Waals surface area contributed by atoms with Crippen LogP contribution >= 0.6 is 0 Å². The second kappa shape index (κ2) is 5.00. The van der Waals surface area contributed by atoms with Crippen molar-refractivity contribution < 1.29 is 51.4 Å². The van der Waals surface area contributed by atoms with Gasteiger partial charge in [-0.2, -0.15) is 36.4 Å². The number of hydrogen-bond donors (Lipinski definition) is 0. The van der Waals surface area contributed by atoms with E-state index in [2.05, 4.69) is 6.07 Å². The molecule has 0 fully saturated rings. The Morgan fingerprint density at radius 3 is 1.57 bits per heavy atom. The zero-order valence-corrected chi connectivity index (χ0v) is 7.51. The van der Waals surface area contributed by atoms with Crippen molar-refractivity contribution in [3.63, 3.8) is 0 Å². The average molecular weight is 116 g/mol. The van der Waals surface area contributed by atoms with Crippen LogP contribution in [-0.4, -0.2) is 0 Å². The molecular weight excluding hydrogens is 111 g/mol. The van der Waals surface area contributed by atoms with E-state index in [1.165, 1.54) is 0 Å². The number of rotatable bonds is 0. The Morgan fingerprint density at radius 1 is 0.857 bits per heavy atom. The van der Waals surface area contributed by atoms with Crippen molar-refractivity contribution in [2.24, 2.45) is 0 Å². The van der Waals surface area contributed by atoms with Crippen LogP contribution in [0.25, 0.3) is 0 Å².